The highest BCUT2D eigenvalue weighted by atomic mass is 35.5. The molecule has 3 heteroatoms. The fraction of sp³-hybridized carbons (Fsp3) is 0.0625. The Bertz CT molecular complexity index is 687. The van der Waals surface area contributed by atoms with Crippen molar-refractivity contribution in [3.8, 4) is 0 Å². The van der Waals surface area contributed by atoms with E-state index in [4.69, 9.17) is 11.6 Å². The summed E-state index contributed by atoms with van der Waals surface area (Å²) in [5, 5.41) is 6.41. The van der Waals surface area contributed by atoms with Crippen LogP contribution < -0.4 is 5.32 Å². The van der Waals surface area contributed by atoms with Crippen molar-refractivity contribution in [2.75, 3.05) is 5.32 Å². The first-order valence-corrected chi connectivity index (χ1v) is 6.53. The Morgan fingerprint density at radius 2 is 1.79 bits per heavy atom. The highest BCUT2D eigenvalue weighted by Gasteiger charge is 2.00. The van der Waals surface area contributed by atoms with Gasteiger partial charge in [0.2, 0.25) is 0 Å². The van der Waals surface area contributed by atoms with Crippen molar-refractivity contribution >= 4 is 28.1 Å². The molecule has 1 aromatic heterocycles. The number of fused-ring (bicyclic) bond motifs is 1. The number of halogens is 1. The number of rotatable bonds is 3. The Balaban J connectivity index is 1.84. The molecule has 0 saturated carbocycles. The van der Waals surface area contributed by atoms with Crippen LogP contribution in [-0.2, 0) is 6.54 Å². The second-order valence-electron chi connectivity index (χ2n) is 4.36. The van der Waals surface area contributed by atoms with Crippen molar-refractivity contribution in [3.63, 3.8) is 0 Å². The maximum atomic E-state index is 5.77. The van der Waals surface area contributed by atoms with Crippen molar-refractivity contribution < 1.29 is 0 Å². The zero-order valence-corrected chi connectivity index (χ0v) is 11.1. The SMILES string of the molecule is Clc1ccc(NCc2cccc3ccccc23)cn1. The number of nitrogens with zero attached hydrogens (tertiary/aromatic N) is 1. The van der Waals surface area contributed by atoms with E-state index >= 15 is 0 Å². The van der Waals surface area contributed by atoms with Crippen LogP contribution in [0.4, 0.5) is 5.69 Å². The van der Waals surface area contributed by atoms with Crippen LogP contribution in [0.3, 0.4) is 0 Å². The van der Waals surface area contributed by atoms with Gasteiger partial charge in [-0.15, -0.1) is 0 Å². The molecule has 94 valence electrons. The van der Waals surface area contributed by atoms with Crippen LogP contribution in [0, 0.1) is 0 Å². The Labute approximate surface area is 117 Å². The summed E-state index contributed by atoms with van der Waals surface area (Å²) in [6.45, 7) is 0.769. The average molecular weight is 269 g/mol. The Morgan fingerprint density at radius 3 is 2.63 bits per heavy atom. The minimum atomic E-state index is 0.510. The molecule has 0 saturated heterocycles. The quantitative estimate of drug-likeness (QED) is 0.708. The maximum absolute atomic E-state index is 5.77. The molecule has 0 fully saturated rings. The van der Waals surface area contributed by atoms with E-state index in [2.05, 4.69) is 52.8 Å². The summed E-state index contributed by atoms with van der Waals surface area (Å²) in [6.07, 6.45) is 1.74. The van der Waals surface area contributed by atoms with Gasteiger partial charge in [0.15, 0.2) is 0 Å². The lowest BCUT2D eigenvalue weighted by Crippen LogP contribution is -2.00. The van der Waals surface area contributed by atoms with Gasteiger partial charge in [-0.2, -0.15) is 0 Å². The van der Waals surface area contributed by atoms with Gasteiger partial charge in [-0.3, -0.25) is 0 Å². The minimum absolute atomic E-state index is 0.510. The van der Waals surface area contributed by atoms with Gasteiger partial charge in [-0.1, -0.05) is 54.1 Å². The third-order valence-corrected chi connectivity index (χ3v) is 3.31. The first kappa shape index (κ1) is 12.0. The Kier molecular flexibility index (Phi) is 3.34. The molecule has 0 atom stereocenters. The predicted molar refractivity (Wildman–Crippen MR) is 80.5 cm³/mol. The van der Waals surface area contributed by atoms with E-state index in [0.29, 0.717) is 5.15 Å². The van der Waals surface area contributed by atoms with E-state index in [0.717, 1.165) is 12.2 Å². The van der Waals surface area contributed by atoms with E-state index in [1.54, 1.807) is 12.3 Å². The fourth-order valence-corrected chi connectivity index (χ4v) is 2.24. The molecule has 0 aliphatic heterocycles. The van der Waals surface area contributed by atoms with E-state index in [-0.39, 0.29) is 0 Å². The molecule has 2 nitrogen and oxygen atoms in total. The van der Waals surface area contributed by atoms with Crippen LogP contribution in [0.1, 0.15) is 5.56 Å². The second-order valence-corrected chi connectivity index (χ2v) is 4.75. The van der Waals surface area contributed by atoms with E-state index in [9.17, 15) is 0 Å². The van der Waals surface area contributed by atoms with Crippen LogP contribution in [0.15, 0.2) is 60.8 Å². The van der Waals surface area contributed by atoms with Gasteiger partial charge in [0.1, 0.15) is 5.15 Å². The fourth-order valence-electron chi connectivity index (χ4n) is 2.12. The summed E-state index contributed by atoms with van der Waals surface area (Å²) in [4.78, 5) is 4.06. The summed E-state index contributed by atoms with van der Waals surface area (Å²) in [5.41, 5.74) is 2.24. The first-order valence-electron chi connectivity index (χ1n) is 6.15. The number of aromatic nitrogens is 1. The number of anilines is 1. The van der Waals surface area contributed by atoms with Crippen molar-refractivity contribution in [2.24, 2.45) is 0 Å². The van der Waals surface area contributed by atoms with Gasteiger partial charge < -0.3 is 5.32 Å². The number of benzene rings is 2. The highest BCUT2D eigenvalue weighted by molar-refractivity contribution is 6.29. The summed E-state index contributed by atoms with van der Waals surface area (Å²) >= 11 is 5.77. The maximum Gasteiger partial charge on any atom is 0.129 e. The Hall–Kier alpha value is -2.06. The van der Waals surface area contributed by atoms with Crippen molar-refractivity contribution in [3.05, 3.63) is 71.5 Å². The lowest BCUT2D eigenvalue weighted by Gasteiger charge is -2.09. The van der Waals surface area contributed by atoms with Gasteiger partial charge in [-0.05, 0) is 28.5 Å². The molecule has 2 aromatic carbocycles. The molecule has 0 amide bonds. The molecule has 19 heavy (non-hydrogen) atoms. The Morgan fingerprint density at radius 1 is 0.947 bits per heavy atom. The average Bonchev–Trinajstić information content (AvgIpc) is 2.47. The molecule has 0 radical (unpaired) electrons. The first-order chi connectivity index (χ1) is 9.33. The molecule has 1 N–H and O–H groups in total. The monoisotopic (exact) mass is 268 g/mol. The third-order valence-electron chi connectivity index (χ3n) is 3.09. The molecule has 0 aliphatic carbocycles. The van der Waals surface area contributed by atoms with E-state index in [1.165, 1.54) is 16.3 Å². The molecule has 3 rings (SSSR count). The number of pyridine rings is 1. The van der Waals surface area contributed by atoms with Crippen molar-refractivity contribution in [1.82, 2.24) is 4.98 Å². The molecule has 0 bridgehead atoms. The number of nitrogens with one attached hydrogen (secondary N) is 1. The standard InChI is InChI=1S/C16H13ClN2/c17-16-9-8-14(11-19-16)18-10-13-6-3-5-12-4-1-2-7-15(12)13/h1-9,11,18H,10H2. The zero-order chi connectivity index (χ0) is 13.1. The smallest absolute Gasteiger partial charge is 0.129 e. The van der Waals surface area contributed by atoms with Gasteiger partial charge in [0.25, 0.3) is 0 Å². The van der Waals surface area contributed by atoms with Crippen LogP contribution in [0.2, 0.25) is 5.15 Å². The third kappa shape index (κ3) is 2.69. The summed E-state index contributed by atoms with van der Waals surface area (Å²) in [7, 11) is 0. The number of hydrogen-bond donors (Lipinski definition) is 1. The van der Waals surface area contributed by atoms with Crippen LogP contribution >= 0.6 is 11.6 Å². The number of hydrogen-bond acceptors (Lipinski definition) is 2. The second kappa shape index (κ2) is 5.29. The molecule has 0 unspecified atom stereocenters. The lowest BCUT2D eigenvalue weighted by atomic mass is 10.0. The molecule has 3 aromatic rings. The molecule has 1 heterocycles. The van der Waals surface area contributed by atoms with Gasteiger partial charge in [0.05, 0.1) is 11.9 Å². The molecule has 0 aliphatic rings. The zero-order valence-electron chi connectivity index (χ0n) is 10.3. The van der Waals surface area contributed by atoms with Crippen LogP contribution in [0.5, 0.6) is 0 Å². The van der Waals surface area contributed by atoms with Crippen LogP contribution in [0.25, 0.3) is 10.8 Å². The lowest BCUT2D eigenvalue weighted by molar-refractivity contribution is 1.15. The molecule has 0 spiro atoms. The minimum Gasteiger partial charge on any atom is -0.380 e. The summed E-state index contributed by atoms with van der Waals surface area (Å²) < 4.78 is 0. The van der Waals surface area contributed by atoms with Gasteiger partial charge >= 0.3 is 0 Å². The van der Waals surface area contributed by atoms with Crippen molar-refractivity contribution in [2.45, 2.75) is 6.54 Å². The van der Waals surface area contributed by atoms with E-state index < -0.39 is 0 Å². The van der Waals surface area contributed by atoms with Gasteiger partial charge in [0, 0.05) is 6.54 Å². The van der Waals surface area contributed by atoms with Crippen molar-refractivity contribution in [1.29, 1.82) is 0 Å². The van der Waals surface area contributed by atoms with Crippen LogP contribution in [-0.4, -0.2) is 4.98 Å². The van der Waals surface area contributed by atoms with Gasteiger partial charge in [-0.25, -0.2) is 4.98 Å². The predicted octanol–water partition coefficient (Wildman–Crippen LogP) is 4.50. The summed E-state index contributed by atoms with van der Waals surface area (Å²) in [6, 6.07) is 18.5. The topological polar surface area (TPSA) is 24.9 Å². The largest absolute Gasteiger partial charge is 0.380 e. The van der Waals surface area contributed by atoms with E-state index in [1.807, 2.05) is 6.07 Å². The molecular weight excluding hydrogens is 256 g/mol. The summed E-state index contributed by atoms with van der Waals surface area (Å²) in [5.74, 6) is 0. The normalized spacial score (nSPS) is 10.6. The highest BCUT2D eigenvalue weighted by Crippen LogP contribution is 2.19. The molecular formula is C16H13ClN2.